The summed E-state index contributed by atoms with van der Waals surface area (Å²) in [6, 6.07) is 6.02. The fourth-order valence-electron chi connectivity index (χ4n) is 0.612. The summed E-state index contributed by atoms with van der Waals surface area (Å²) in [5.74, 6) is 0.425. The largest absolute Gasteiger partial charge is 0.508 e. The van der Waals surface area contributed by atoms with E-state index in [9.17, 15) is 4.79 Å². The molecule has 0 atom stereocenters. The van der Waals surface area contributed by atoms with Gasteiger partial charge in [0.25, 0.3) is 6.47 Å². The predicted octanol–water partition coefficient (Wildman–Crippen LogP) is 2.12. The smallest absolute Gasteiger partial charge is 0.298 e. The minimum atomic E-state index is 0.0827. The monoisotopic (exact) mass is 180 g/mol. The number of phenols is 1. The van der Waals surface area contributed by atoms with E-state index in [0.29, 0.717) is 12.2 Å². The number of hydrogen-bond donors (Lipinski definition) is 1. The van der Waals surface area contributed by atoms with Crippen molar-refractivity contribution in [3.63, 3.8) is 0 Å². The van der Waals surface area contributed by atoms with Crippen molar-refractivity contribution in [2.45, 2.75) is 6.92 Å². The maximum absolute atomic E-state index is 9.78. The fourth-order valence-corrected chi connectivity index (χ4v) is 0.612. The number of rotatable bonds is 2. The van der Waals surface area contributed by atoms with Gasteiger partial charge >= 0.3 is 0 Å². The Labute approximate surface area is 77.3 Å². The van der Waals surface area contributed by atoms with Crippen LogP contribution in [0.3, 0.4) is 0 Å². The lowest BCUT2D eigenvalue weighted by Gasteiger charge is -1.95. The molecular weight excluding hydrogens is 168 g/mol. The number of allylic oxidation sites excluding steroid dienone is 1. The summed E-state index contributed by atoms with van der Waals surface area (Å²) in [5.41, 5.74) is 0. The van der Waals surface area contributed by atoms with Crippen LogP contribution in [0.5, 0.6) is 11.5 Å². The number of aromatic hydroxyl groups is 1. The SMILES string of the molecule is C=CC.O=COc1cccc(O)c1. The highest BCUT2D eigenvalue weighted by atomic mass is 16.5. The van der Waals surface area contributed by atoms with Crippen LogP contribution in [0.25, 0.3) is 0 Å². The van der Waals surface area contributed by atoms with Gasteiger partial charge in [0.2, 0.25) is 0 Å². The molecule has 3 nitrogen and oxygen atoms in total. The highest BCUT2D eigenvalue weighted by Gasteiger charge is 1.91. The van der Waals surface area contributed by atoms with Crippen molar-refractivity contribution >= 4 is 6.47 Å². The first-order valence-electron chi connectivity index (χ1n) is 3.71. The molecular formula is C10H12O3. The molecule has 1 rings (SSSR count). The lowest BCUT2D eigenvalue weighted by Crippen LogP contribution is -1.86. The molecule has 0 radical (unpaired) electrons. The van der Waals surface area contributed by atoms with Gasteiger partial charge in [0.1, 0.15) is 11.5 Å². The normalized spacial score (nSPS) is 7.77. The van der Waals surface area contributed by atoms with E-state index in [1.54, 1.807) is 18.2 Å². The Kier molecular flexibility index (Phi) is 5.97. The summed E-state index contributed by atoms with van der Waals surface area (Å²) in [6.07, 6.45) is 1.75. The predicted molar refractivity (Wildman–Crippen MR) is 50.7 cm³/mol. The fraction of sp³-hybridized carbons (Fsp3) is 0.100. The summed E-state index contributed by atoms with van der Waals surface area (Å²) in [7, 11) is 0. The Morgan fingerprint density at radius 1 is 1.54 bits per heavy atom. The third-order valence-corrected chi connectivity index (χ3v) is 1.00. The molecule has 0 amide bonds. The van der Waals surface area contributed by atoms with Crippen molar-refractivity contribution in [3.05, 3.63) is 36.9 Å². The molecule has 0 aromatic heterocycles. The number of ether oxygens (including phenoxy) is 1. The number of carbonyl (C=O) groups excluding carboxylic acids is 1. The lowest BCUT2D eigenvalue weighted by molar-refractivity contribution is -0.120. The minimum Gasteiger partial charge on any atom is -0.508 e. The standard InChI is InChI=1S/C7H6O3.C3H6/c8-5-10-7-3-1-2-6(9)4-7;1-3-2/h1-5,9H;3H,1H2,2H3. The van der Waals surface area contributed by atoms with Crippen LogP contribution in [0.15, 0.2) is 36.9 Å². The summed E-state index contributed by atoms with van der Waals surface area (Å²) < 4.78 is 4.45. The number of phenolic OH excluding ortho intramolecular Hbond substituents is 1. The van der Waals surface area contributed by atoms with Crippen molar-refractivity contribution in [3.8, 4) is 11.5 Å². The zero-order valence-corrected chi connectivity index (χ0v) is 7.43. The summed E-state index contributed by atoms with van der Waals surface area (Å²) in [5, 5.41) is 8.84. The Balaban J connectivity index is 0.000000424. The molecule has 0 saturated carbocycles. The van der Waals surface area contributed by atoms with Crippen LogP contribution >= 0.6 is 0 Å². The molecule has 1 aromatic carbocycles. The molecule has 0 spiro atoms. The molecule has 0 aliphatic heterocycles. The van der Waals surface area contributed by atoms with Gasteiger partial charge in [-0.2, -0.15) is 0 Å². The molecule has 0 bridgehead atoms. The third kappa shape index (κ3) is 5.49. The molecule has 0 unspecified atom stereocenters. The average Bonchev–Trinajstić information content (AvgIpc) is 2.06. The maximum atomic E-state index is 9.78. The van der Waals surface area contributed by atoms with E-state index in [-0.39, 0.29) is 5.75 Å². The molecule has 0 heterocycles. The van der Waals surface area contributed by atoms with E-state index in [4.69, 9.17) is 5.11 Å². The van der Waals surface area contributed by atoms with Crippen LogP contribution in [0, 0.1) is 0 Å². The van der Waals surface area contributed by atoms with Crippen molar-refractivity contribution in [1.29, 1.82) is 0 Å². The van der Waals surface area contributed by atoms with Crippen molar-refractivity contribution in [2.24, 2.45) is 0 Å². The van der Waals surface area contributed by atoms with Crippen LogP contribution in [0.2, 0.25) is 0 Å². The topological polar surface area (TPSA) is 46.5 Å². The van der Waals surface area contributed by atoms with Crippen LogP contribution in [-0.4, -0.2) is 11.6 Å². The molecule has 13 heavy (non-hydrogen) atoms. The Hall–Kier alpha value is -1.77. The summed E-state index contributed by atoms with van der Waals surface area (Å²) in [6.45, 7) is 5.56. The van der Waals surface area contributed by atoms with E-state index in [1.807, 2.05) is 6.92 Å². The molecule has 70 valence electrons. The van der Waals surface area contributed by atoms with Crippen molar-refractivity contribution in [2.75, 3.05) is 0 Å². The third-order valence-electron chi connectivity index (χ3n) is 1.00. The van der Waals surface area contributed by atoms with E-state index < -0.39 is 0 Å². The lowest BCUT2D eigenvalue weighted by atomic mass is 10.3. The van der Waals surface area contributed by atoms with Crippen molar-refractivity contribution in [1.82, 2.24) is 0 Å². The highest BCUT2D eigenvalue weighted by Crippen LogP contribution is 2.16. The second-order valence-electron chi connectivity index (χ2n) is 2.12. The van der Waals surface area contributed by atoms with E-state index >= 15 is 0 Å². The molecule has 0 saturated heterocycles. The second-order valence-corrected chi connectivity index (χ2v) is 2.12. The van der Waals surface area contributed by atoms with Crippen LogP contribution in [0.1, 0.15) is 6.92 Å². The molecule has 0 aliphatic rings. The van der Waals surface area contributed by atoms with Crippen LogP contribution in [-0.2, 0) is 4.79 Å². The van der Waals surface area contributed by atoms with Gasteiger partial charge in [-0.3, -0.25) is 4.79 Å². The van der Waals surface area contributed by atoms with Gasteiger partial charge in [0.15, 0.2) is 0 Å². The van der Waals surface area contributed by atoms with Gasteiger partial charge in [-0.1, -0.05) is 12.1 Å². The number of carbonyl (C=O) groups is 1. The number of hydrogen-bond acceptors (Lipinski definition) is 3. The van der Waals surface area contributed by atoms with Gasteiger partial charge in [-0.05, 0) is 19.1 Å². The van der Waals surface area contributed by atoms with Crippen molar-refractivity contribution < 1.29 is 14.6 Å². The molecule has 1 aromatic rings. The zero-order chi connectivity index (χ0) is 10.1. The van der Waals surface area contributed by atoms with E-state index in [1.165, 1.54) is 12.1 Å². The van der Waals surface area contributed by atoms with Crippen LogP contribution < -0.4 is 4.74 Å². The molecule has 3 heteroatoms. The first-order chi connectivity index (χ1) is 6.24. The average molecular weight is 180 g/mol. The summed E-state index contributed by atoms with van der Waals surface area (Å²) in [4.78, 5) is 9.78. The summed E-state index contributed by atoms with van der Waals surface area (Å²) >= 11 is 0. The molecule has 0 fully saturated rings. The maximum Gasteiger partial charge on any atom is 0.298 e. The highest BCUT2D eigenvalue weighted by molar-refractivity contribution is 5.46. The zero-order valence-electron chi connectivity index (χ0n) is 7.43. The minimum absolute atomic E-state index is 0.0827. The van der Waals surface area contributed by atoms with E-state index in [0.717, 1.165) is 0 Å². The molecule has 0 aliphatic carbocycles. The van der Waals surface area contributed by atoms with Gasteiger partial charge in [-0.15, -0.1) is 6.58 Å². The van der Waals surface area contributed by atoms with Crippen LogP contribution in [0.4, 0.5) is 0 Å². The van der Waals surface area contributed by atoms with E-state index in [2.05, 4.69) is 11.3 Å². The van der Waals surface area contributed by atoms with Gasteiger partial charge in [0.05, 0.1) is 0 Å². The second kappa shape index (κ2) is 6.91. The quantitative estimate of drug-likeness (QED) is 0.560. The van der Waals surface area contributed by atoms with Gasteiger partial charge < -0.3 is 9.84 Å². The Bertz CT molecular complexity index is 269. The number of benzene rings is 1. The Morgan fingerprint density at radius 3 is 2.62 bits per heavy atom. The Morgan fingerprint density at radius 2 is 2.15 bits per heavy atom. The van der Waals surface area contributed by atoms with Gasteiger partial charge in [0, 0.05) is 6.07 Å². The first kappa shape index (κ1) is 11.2. The molecule has 1 N–H and O–H groups in total. The van der Waals surface area contributed by atoms with Gasteiger partial charge in [-0.25, -0.2) is 0 Å². The first-order valence-corrected chi connectivity index (χ1v) is 3.71.